The molecule has 4 nitrogen and oxygen atoms in total. The Morgan fingerprint density at radius 2 is 2.17 bits per heavy atom. The maximum absolute atomic E-state index is 11.7. The molecule has 0 aromatic heterocycles. The second kappa shape index (κ2) is 4.61. The highest BCUT2D eigenvalue weighted by Gasteiger charge is 2.51. The van der Waals surface area contributed by atoms with Crippen molar-refractivity contribution in [1.82, 2.24) is 10.6 Å². The first-order valence-electron chi connectivity index (χ1n) is 6.46. The zero-order valence-corrected chi connectivity index (χ0v) is 10.3. The molecule has 18 heavy (non-hydrogen) atoms. The quantitative estimate of drug-likeness (QED) is 0.853. The van der Waals surface area contributed by atoms with Crippen LogP contribution >= 0.6 is 0 Å². The van der Waals surface area contributed by atoms with E-state index in [2.05, 4.69) is 10.6 Å². The summed E-state index contributed by atoms with van der Waals surface area (Å²) in [6, 6.07) is 10.0. The Balaban J connectivity index is 1.45. The Morgan fingerprint density at radius 3 is 2.72 bits per heavy atom. The standard InChI is InChI=1S/C14H18N2O2/c17-13(18-8-11-4-2-1-3-5-11)16-12-6-7-14(12)9-15-10-14/h1-5,12,15H,6-10H2,(H,16,17)/t12-/m1/s1. The van der Waals surface area contributed by atoms with Gasteiger partial charge in [-0.1, -0.05) is 30.3 Å². The molecule has 96 valence electrons. The van der Waals surface area contributed by atoms with E-state index < -0.39 is 0 Å². The van der Waals surface area contributed by atoms with Crippen LogP contribution in [0.15, 0.2) is 30.3 Å². The monoisotopic (exact) mass is 246 g/mol. The summed E-state index contributed by atoms with van der Waals surface area (Å²) >= 11 is 0. The molecule has 1 saturated heterocycles. The summed E-state index contributed by atoms with van der Waals surface area (Å²) in [4.78, 5) is 11.7. The highest BCUT2D eigenvalue weighted by Crippen LogP contribution is 2.44. The van der Waals surface area contributed by atoms with Crippen LogP contribution in [0.3, 0.4) is 0 Å². The molecule has 1 amide bonds. The van der Waals surface area contributed by atoms with Gasteiger partial charge in [-0.05, 0) is 18.4 Å². The molecule has 0 bridgehead atoms. The van der Waals surface area contributed by atoms with Gasteiger partial charge in [-0.2, -0.15) is 0 Å². The molecule has 1 atom stereocenters. The Morgan fingerprint density at radius 1 is 1.39 bits per heavy atom. The van der Waals surface area contributed by atoms with Crippen LogP contribution in [0, 0.1) is 5.41 Å². The van der Waals surface area contributed by atoms with Gasteiger partial charge >= 0.3 is 6.09 Å². The fraction of sp³-hybridized carbons (Fsp3) is 0.500. The number of alkyl carbamates (subject to hydrolysis) is 1. The molecule has 1 heterocycles. The van der Waals surface area contributed by atoms with Crippen molar-refractivity contribution in [3.8, 4) is 0 Å². The van der Waals surface area contributed by atoms with Crippen LogP contribution in [0.4, 0.5) is 4.79 Å². The topological polar surface area (TPSA) is 50.4 Å². The number of rotatable bonds is 3. The van der Waals surface area contributed by atoms with E-state index in [0.717, 1.165) is 25.1 Å². The summed E-state index contributed by atoms with van der Waals surface area (Å²) in [6.45, 7) is 2.39. The van der Waals surface area contributed by atoms with E-state index >= 15 is 0 Å². The summed E-state index contributed by atoms with van der Waals surface area (Å²) in [5.41, 5.74) is 1.34. The maximum atomic E-state index is 11.7. The van der Waals surface area contributed by atoms with Gasteiger partial charge in [-0.15, -0.1) is 0 Å². The zero-order chi connectivity index (χ0) is 12.4. The van der Waals surface area contributed by atoms with E-state index in [1.54, 1.807) is 0 Å². The van der Waals surface area contributed by atoms with Gasteiger partial charge in [-0.3, -0.25) is 0 Å². The molecule has 4 heteroatoms. The third kappa shape index (κ3) is 2.08. The first-order chi connectivity index (χ1) is 8.78. The summed E-state index contributed by atoms with van der Waals surface area (Å²) in [7, 11) is 0. The molecule has 3 rings (SSSR count). The van der Waals surface area contributed by atoms with Crippen LogP contribution in [-0.2, 0) is 11.3 Å². The molecule has 2 aliphatic rings. The third-order valence-corrected chi connectivity index (χ3v) is 4.13. The van der Waals surface area contributed by atoms with Crippen molar-refractivity contribution in [3.63, 3.8) is 0 Å². The Bertz CT molecular complexity index is 423. The van der Waals surface area contributed by atoms with Gasteiger partial charge in [-0.25, -0.2) is 4.79 Å². The number of carbonyl (C=O) groups excluding carboxylic acids is 1. The highest BCUT2D eigenvalue weighted by atomic mass is 16.5. The van der Waals surface area contributed by atoms with Crippen molar-refractivity contribution in [2.75, 3.05) is 13.1 Å². The average molecular weight is 246 g/mol. The molecule has 1 spiro atoms. The van der Waals surface area contributed by atoms with Crippen LogP contribution in [0.1, 0.15) is 18.4 Å². The van der Waals surface area contributed by atoms with Crippen LogP contribution in [-0.4, -0.2) is 25.2 Å². The second-order valence-electron chi connectivity index (χ2n) is 5.26. The van der Waals surface area contributed by atoms with Gasteiger partial charge < -0.3 is 15.4 Å². The number of amides is 1. The number of ether oxygens (including phenoxy) is 1. The normalized spacial score (nSPS) is 23.9. The van der Waals surface area contributed by atoms with E-state index in [4.69, 9.17) is 4.74 Å². The van der Waals surface area contributed by atoms with Gasteiger partial charge in [0, 0.05) is 24.5 Å². The van der Waals surface area contributed by atoms with Crippen molar-refractivity contribution >= 4 is 6.09 Å². The summed E-state index contributed by atoms with van der Waals surface area (Å²) < 4.78 is 5.23. The van der Waals surface area contributed by atoms with Gasteiger partial charge in [0.2, 0.25) is 0 Å². The van der Waals surface area contributed by atoms with Crippen LogP contribution < -0.4 is 10.6 Å². The number of hydrogen-bond donors (Lipinski definition) is 2. The van der Waals surface area contributed by atoms with E-state index in [0.29, 0.717) is 18.1 Å². The first kappa shape index (κ1) is 11.5. The van der Waals surface area contributed by atoms with Gasteiger partial charge in [0.05, 0.1) is 0 Å². The lowest BCUT2D eigenvalue weighted by molar-refractivity contribution is 0.00636. The number of benzene rings is 1. The predicted molar refractivity (Wildman–Crippen MR) is 68.1 cm³/mol. The molecular weight excluding hydrogens is 228 g/mol. The lowest BCUT2D eigenvalue weighted by Crippen LogP contribution is -2.69. The first-order valence-corrected chi connectivity index (χ1v) is 6.46. The van der Waals surface area contributed by atoms with Crippen molar-refractivity contribution in [1.29, 1.82) is 0 Å². The lowest BCUT2D eigenvalue weighted by Gasteiger charge is -2.56. The molecule has 1 aliphatic carbocycles. The average Bonchev–Trinajstić information content (AvgIpc) is 2.32. The summed E-state index contributed by atoms with van der Waals surface area (Å²) in [5, 5.41) is 6.25. The van der Waals surface area contributed by atoms with Gasteiger partial charge in [0.25, 0.3) is 0 Å². The summed E-state index contributed by atoms with van der Waals surface area (Å²) in [6.07, 6.45) is 1.99. The van der Waals surface area contributed by atoms with E-state index in [1.807, 2.05) is 30.3 Å². The molecule has 0 radical (unpaired) electrons. The Hall–Kier alpha value is -1.55. The SMILES string of the molecule is O=C(N[C@@H]1CCC12CNC2)OCc1ccccc1. The van der Waals surface area contributed by atoms with Gasteiger partial charge in [0.15, 0.2) is 0 Å². The minimum atomic E-state index is -0.296. The van der Waals surface area contributed by atoms with E-state index in [9.17, 15) is 4.79 Å². The third-order valence-electron chi connectivity index (χ3n) is 4.13. The number of hydrogen-bond acceptors (Lipinski definition) is 3. The summed E-state index contributed by atoms with van der Waals surface area (Å²) in [5.74, 6) is 0. The smallest absolute Gasteiger partial charge is 0.407 e. The fourth-order valence-electron chi connectivity index (χ4n) is 2.70. The highest BCUT2D eigenvalue weighted by molar-refractivity contribution is 5.68. The molecular formula is C14H18N2O2. The van der Waals surface area contributed by atoms with Crippen LogP contribution in [0.25, 0.3) is 0 Å². The molecule has 1 aromatic rings. The molecule has 1 saturated carbocycles. The Labute approximate surface area is 107 Å². The van der Waals surface area contributed by atoms with E-state index in [-0.39, 0.29) is 6.09 Å². The van der Waals surface area contributed by atoms with Crippen LogP contribution in [0.5, 0.6) is 0 Å². The number of carbonyl (C=O) groups is 1. The maximum Gasteiger partial charge on any atom is 0.407 e. The van der Waals surface area contributed by atoms with Crippen LogP contribution in [0.2, 0.25) is 0 Å². The predicted octanol–water partition coefficient (Wildman–Crippen LogP) is 1.66. The van der Waals surface area contributed by atoms with Crippen molar-refractivity contribution < 1.29 is 9.53 Å². The fourth-order valence-corrected chi connectivity index (χ4v) is 2.70. The zero-order valence-electron chi connectivity index (χ0n) is 10.3. The molecule has 1 aromatic carbocycles. The van der Waals surface area contributed by atoms with E-state index in [1.165, 1.54) is 6.42 Å². The molecule has 2 N–H and O–H groups in total. The van der Waals surface area contributed by atoms with Crippen molar-refractivity contribution in [3.05, 3.63) is 35.9 Å². The molecule has 0 unspecified atom stereocenters. The van der Waals surface area contributed by atoms with Crippen molar-refractivity contribution in [2.45, 2.75) is 25.5 Å². The Kier molecular flexibility index (Phi) is 2.96. The molecule has 1 aliphatic heterocycles. The second-order valence-corrected chi connectivity index (χ2v) is 5.26. The molecule has 2 fully saturated rings. The minimum absolute atomic E-state index is 0.294. The van der Waals surface area contributed by atoms with Crippen molar-refractivity contribution in [2.24, 2.45) is 5.41 Å². The lowest BCUT2D eigenvalue weighted by atomic mass is 9.60. The largest absolute Gasteiger partial charge is 0.445 e. The number of nitrogens with one attached hydrogen (secondary N) is 2. The minimum Gasteiger partial charge on any atom is -0.445 e. The van der Waals surface area contributed by atoms with Gasteiger partial charge in [0.1, 0.15) is 6.61 Å².